The van der Waals surface area contributed by atoms with E-state index in [2.05, 4.69) is 20.3 Å². The van der Waals surface area contributed by atoms with E-state index >= 15 is 0 Å². The second-order valence-electron chi connectivity index (χ2n) is 8.31. The second kappa shape index (κ2) is 9.42. The molecule has 0 fully saturated rings. The van der Waals surface area contributed by atoms with Gasteiger partial charge in [-0.15, -0.1) is 0 Å². The number of anilines is 2. The Balaban J connectivity index is 1.71. The lowest BCUT2D eigenvalue weighted by molar-refractivity contribution is 0.373. The number of hydrogen-bond donors (Lipinski definition) is 1. The molecule has 1 N–H and O–H groups in total. The number of nitrogens with one attached hydrogen (secondary N) is 1. The molecule has 1 aliphatic heterocycles. The van der Waals surface area contributed by atoms with Gasteiger partial charge in [-0.3, -0.25) is 4.68 Å². The molecular formula is C23H27ClF2N6. The van der Waals surface area contributed by atoms with E-state index in [0.717, 1.165) is 66.4 Å². The SMILES string of the molecule is Cc1c(-c2cnn(CCN(C)C)c2)cnc2c1N(Cc1c(F)ccc(F)c1Cl)CCCN2. The average molecular weight is 461 g/mol. The molecule has 0 spiro atoms. The first-order valence-electron chi connectivity index (χ1n) is 10.6. The highest BCUT2D eigenvalue weighted by atomic mass is 35.5. The Morgan fingerprint density at radius 2 is 1.97 bits per heavy atom. The summed E-state index contributed by atoms with van der Waals surface area (Å²) in [5.74, 6) is -0.402. The number of rotatable bonds is 6. The maximum atomic E-state index is 14.5. The summed E-state index contributed by atoms with van der Waals surface area (Å²) in [6.07, 6.45) is 6.52. The van der Waals surface area contributed by atoms with E-state index in [9.17, 15) is 8.78 Å². The third-order valence-corrected chi connectivity index (χ3v) is 6.14. The van der Waals surface area contributed by atoms with Crippen molar-refractivity contribution in [2.45, 2.75) is 26.4 Å². The summed E-state index contributed by atoms with van der Waals surface area (Å²) in [4.78, 5) is 8.79. The van der Waals surface area contributed by atoms with Crippen molar-refractivity contribution in [1.29, 1.82) is 0 Å². The van der Waals surface area contributed by atoms with E-state index < -0.39 is 11.6 Å². The van der Waals surface area contributed by atoms with Crippen LogP contribution in [0.2, 0.25) is 5.02 Å². The van der Waals surface area contributed by atoms with Gasteiger partial charge in [0.05, 0.1) is 23.5 Å². The van der Waals surface area contributed by atoms with Crippen LogP contribution in [0, 0.1) is 18.6 Å². The van der Waals surface area contributed by atoms with Crippen LogP contribution in [0.1, 0.15) is 17.5 Å². The van der Waals surface area contributed by atoms with Gasteiger partial charge in [0.15, 0.2) is 0 Å². The topological polar surface area (TPSA) is 49.2 Å². The highest BCUT2D eigenvalue weighted by molar-refractivity contribution is 6.31. The summed E-state index contributed by atoms with van der Waals surface area (Å²) in [7, 11) is 4.06. The number of hydrogen-bond acceptors (Lipinski definition) is 5. The van der Waals surface area contributed by atoms with Crippen molar-refractivity contribution in [3.8, 4) is 11.1 Å². The molecule has 1 aliphatic rings. The van der Waals surface area contributed by atoms with Crippen molar-refractivity contribution in [3.63, 3.8) is 0 Å². The molecule has 9 heteroatoms. The minimum atomic E-state index is -0.620. The highest BCUT2D eigenvalue weighted by Gasteiger charge is 2.24. The number of aromatic nitrogens is 3. The zero-order valence-electron chi connectivity index (χ0n) is 18.5. The predicted octanol–water partition coefficient (Wildman–Crippen LogP) is 4.57. The monoisotopic (exact) mass is 460 g/mol. The second-order valence-corrected chi connectivity index (χ2v) is 8.69. The Morgan fingerprint density at radius 3 is 2.75 bits per heavy atom. The standard InChI is InChI=1S/C23H27ClF2N6/c1-15-17(16-11-29-32(13-16)10-9-30(2)3)12-28-23-22(15)31(8-4-7-27-23)14-18-19(25)5-6-20(26)21(18)24/h5-6,11-13H,4,7-10,14H2,1-3H3,(H,27,28). The highest BCUT2D eigenvalue weighted by Crippen LogP contribution is 2.38. The third-order valence-electron chi connectivity index (χ3n) is 5.73. The van der Waals surface area contributed by atoms with Gasteiger partial charge >= 0.3 is 0 Å². The Kier molecular flexibility index (Phi) is 6.62. The number of benzene rings is 1. The van der Waals surface area contributed by atoms with Crippen LogP contribution in [0.25, 0.3) is 11.1 Å². The lowest BCUT2D eigenvalue weighted by Gasteiger charge is -2.27. The van der Waals surface area contributed by atoms with E-state index in [0.29, 0.717) is 6.54 Å². The van der Waals surface area contributed by atoms with Crippen molar-refractivity contribution >= 4 is 23.1 Å². The van der Waals surface area contributed by atoms with Gasteiger partial charge in [-0.1, -0.05) is 11.6 Å². The molecule has 2 aromatic heterocycles. The number of likely N-dealkylation sites (N-methyl/N-ethyl adjacent to an activating group) is 1. The molecular weight excluding hydrogens is 434 g/mol. The molecule has 0 saturated carbocycles. The first kappa shape index (κ1) is 22.5. The van der Waals surface area contributed by atoms with E-state index in [1.165, 1.54) is 0 Å². The molecule has 32 heavy (non-hydrogen) atoms. The van der Waals surface area contributed by atoms with Crippen molar-refractivity contribution < 1.29 is 8.78 Å². The summed E-state index contributed by atoms with van der Waals surface area (Å²) in [5.41, 5.74) is 3.96. The van der Waals surface area contributed by atoms with Crippen molar-refractivity contribution in [2.24, 2.45) is 0 Å². The molecule has 0 atom stereocenters. The van der Waals surface area contributed by atoms with Crippen LogP contribution in [0.3, 0.4) is 0 Å². The molecule has 0 saturated heterocycles. The van der Waals surface area contributed by atoms with Crippen LogP contribution in [0.5, 0.6) is 0 Å². The van der Waals surface area contributed by atoms with E-state index in [4.69, 9.17) is 11.6 Å². The Morgan fingerprint density at radius 1 is 1.19 bits per heavy atom. The van der Waals surface area contributed by atoms with Crippen LogP contribution in [0.4, 0.5) is 20.3 Å². The van der Waals surface area contributed by atoms with Gasteiger partial charge in [0, 0.05) is 55.3 Å². The fourth-order valence-electron chi connectivity index (χ4n) is 3.98. The van der Waals surface area contributed by atoms with Crippen LogP contribution in [-0.2, 0) is 13.1 Å². The van der Waals surface area contributed by atoms with Crippen LogP contribution in [0.15, 0.2) is 30.7 Å². The Labute approximate surface area is 191 Å². The Bertz CT molecular complexity index is 1110. The molecule has 0 radical (unpaired) electrons. The predicted molar refractivity (Wildman–Crippen MR) is 124 cm³/mol. The lowest BCUT2D eigenvalue weighted by Crippen LogP contribution is -2.25. The maximum Gasteiger partial charge on any atom is 0.149 e. The van der Waals surface area contributed by atoms with Gasteiger partial charge in [0.1, 0.15) is 17.5 Å². The normalized spacial score (nSPS) is 13.8. The fraction of sp³-hybridized carbons (Fsp3) is 0.391. The zero-order valence-corrected chi connectivity index (χ0v) is 19.3. The van der Waals surface area contributed by atoms with Gasteiger partial charge in [0.2, 0.25) is 0 Å². The summed E-state index contributed by atoms with van der Waals surface area (Å²) in [5, 5.41) is 7.67. The van der Waals surface area contributed by atoms with Crippen molar-refractivity contribution in [1.82, 2.24) is 19.7 Å². The van der Waals surface area contributed by atoms with E-state index in [-0.39, 0.29) is 17.1 Å². The van der Waals surface area contributed by atoms with Gasteiger partial charge in [0.25, 0.3) is 0 Å². The molecule has 4 rings (SSSR count). The molecule has 170 valence electrons. The minimum absolute atomic E-state index is 0.154. The van der Waals surface area contributed by atoms with Crippen LogP contribution >= 0.6 is 11.6 Å². The number of nitrogens with zero attached hydrogens (tertiary/aromatic N) is 5. The number of halogens is 3. The molecule has 3 heterocycles. The molecule has 0 bridgehead atoms. The fourth-order valence-corrected chi connectivity index (χ4v) is 4.19. The lowest BCUT2D eigenvalue weighted by atomic mass is 10.0. The molecule has 0 unspecified atom stereocenters. The molecule has 0 aliphatic carbocycles. The van der Waals surface area contributed by atoms with Crippen LogP contribution in [-0.4, -0.2) is 53.4 Å². The van der Waals surface area contributed by atoms with Crippen LogP contribution < -0.4 is 10.2 Å². The first-order valence-corrected chi connectivity index (χ1v) is 11.0. The van der Waals surface area contributed by atoms with Gasteiger partial charge < -0.3 is 15.1 Å². The Hall–Kier alpha value is -2.71. The van der Waals surface area contributed by atoms with E-state index in [1.54, 1.807) is 0 Å². The summed E-state index contributed by atoms with van der Waals surface area (Å²) >= 11 is 6.12. The van der Waals surface area contributed by atoms with Crippen molar-refractivity contribution in [3.05, 3.63) is 58.5 Å². The molecule has 6 nitrogen and oxygen atoms in total. The smallest absolute Gasteiger partial charge is 0.149 e. The number of pyridine rings is 1. The average Bonchev–Trinajstić information content (AvgIpc) is 3.13. The van der Waals surface area contributed by atoms with Gasteiger partial charge in [-0.05, 0) is 45.1 Å². The molecule has 0 amide bonds. The summed E-state index contributed by atoms with van der Waals surface area (Å²) in [6, 6.07) is 2.18. The first-order chi connectivity index (χ1) is 15.3. The minimum Gasteiger partial charge on any atom is -0.368 e. The summed E-state index contributed by atoms with van der Waals surface area (Å²) < 4.78 is 30.4. The molecule has 1 aromatic carbocycles. The third kappa shape index (κ3) is 4.56. The van der Waals surface area contributed by atoms with Crippen molar-refractivity contribution in [2.75, 3.05) is 43.9 Å². The van der Waals surface area contributed by atoms with Gasteiger partial charge in [-0.2, -0.15) is 5.10 Å². The summed E-state index contributed by atoms with van der Waals surface area (Å²) in [6.45, 7) is 5.27. The maximum absolute atomic E-state index is 14.5. The number of fused-ring (bicyclic) bond motifs is 1. The zero-order chi connectivity index (χ0) is 22.8. The van der Waals surface area contributed by atoms with Gasteiger partial charge in [-0.25, -0.2) is 13.8 Å². The quantitative estimate of drug-likeness (QED) is 0.546. The largest absolute Gasteiger partial charge is 0.368 e. The van der Waals surface area contributed by atoms with E-state index in [1.807, 2.05) is 49.2 Å². The molecule has 3 aromatic rings.